The van der Waals surface area contributed by atoms with E-state index < -0.39 is 6.10 Å². The summed E-state index contributed by atoms with van der Waals surface area (Å²) in [4.78, 5) is 30.0. The molecule has 5 rings (SSSR count). The van der Waals surface area contributed by atoms with Crippen LogP contribution < -0.4 is 20.7 Å². The van der Waals surface area contributed by atoms with Crippen LogP contribution in [0.5, 0.6) is 11.5 Å². The first-order chi connectivity index (χ1) is 24.1. The average Bonchev–Trinajstić information content (AvgIpc) is 3.46. The lowest BCUT2D eigenvalue weighted by Crippen LogP contribution is -2.32. The topological polar surface area (TPSA) is 138 Å². The molecule has 10 nitrogen and oxygen atoms in total. The Hall–Kier alpha value is -5.45. The average molecular weight is 676 g/mol. The second-order valence-corrected chi connectivity index (χ2v) is 12.6. The Labute approximate surface area is 293 Å². The number of aromatic hydroxyl groups is 1. The van der Waals surface area contributed by atoms with Crippen molar-refractivity contribution in [1.82, 2.24) is 25.5 Å². The van der Waals surface area contributed by atoms with E-state index in [9.17, 15) is 19.8 Å². The van der Waals surface area contributed by atoms with E-state index in [1.54, 1.807) is 30.5 Å². The molecule has 2 aromatic heterocycles. The molecule has 10 heteroatoms. The number of amides is 2. The number of aromatic nitrogens is 2. The van der Waals surface area contributed by atoms with Crippen LogP contribution in [0.3, 0.4) is 0 Å². The van der Waals surface area contributed by atoms with Crippen molar-refractivity contribution in [2.24, 2.45) is 0 Å². The van der Waals surface area contributed by atoms with Crippen molar-refractivity contribution in [2.75, 3.05) is 13.7 Å². The minimum absolute atomic E-state index is 0.0423. The predicted molar refractivity (Wildman–Crippen MR) is 193 cm³/mol. The number of aryl methyl sites for hydroxylation is 2. The van der Waals surface area contributed by atoms with Crippen LogP contribution in [0.15, 0.2) is 97.2 Å². The molecule has 50 heavy (non-hydrogen) atoms. The molecule has 2 unspecified atom stereocenters. The summed E-state index contributed by atoms with van der Waals surface area (Å²) < 4.78 is 7.20. The second-order valence-electron chi connectivity index (χ2n) is 12.6. The molecule has 0 radical (unpaired) electrons. The highest BCUT2D eigenvalue weighted by Crippen LogP contribution is 2.26. The number of nitrogens with one attached hydrogen (secondary N) is 3. The highest BCUT2D eigenvalue weighted by Gasteiger charge is 2.13. The maximum atomic E-state index is 12.8. The number of ether oxygens (including phenoxy) is 1. The first kappa shape index (κ1) is 35.8. The number of benzene rings is 3. The van der Waals surface area contributed by atoms with Crippen molar-refractivity contribution in [2.45, 2.75) is 58.8 Å². The van der Waals surface area contributed by atoms with Crippen LogP contribution in [0, 0.1) is 13.8 Å². The maximum absolute atomic E-state index is 12.8. The van der Waals surface area contributed by atoms with Crippen LogP contribution in [0.25, 0.3) is 5.82 Å². The van der Waals surface area contributed by atoms with Crippen LogP contribution in [0.4, 0.5) is 0 Å². The van der Waals surface area contributed by atoms with Gasteiger partial charge in [-0.05, 0) is 91.9 Å². The molecule has 2 atom stereocenters. The predicted octanol–water partition coefficient (Wildman–Crippen LogP) is 5.25. The smallest absolute Gasteiger partial charge is 0.251 e. The molecule has 0 fully saturated rings. The quantitative estimate of drug-likeness (QED) is 0.102. The van der Waals surface area contributed by atoms with Crippen molar-refractivity contribution >= 4 is 11.8 Å². The molecule has 0 spiro atoms. The Morgan fingerprint density at radius 3 is 2.24 bits per heavy atom. The van der Waals surface area contributed by atoms with Gasteiger partial charge in [0.15, 0.2) is 11.5 Å². The van der Waals surface area contributed by atoms with Gasteiger partial charge in [-0.2, -0.15) is 0 Å². The SMILES string of the molecule is COc1cc(CNC(=O)c2ccc(CNC(=O)Cc3cccc(CC(C)NCC(O)c4ccc(-n5c(C)ccc5C)nc4)c3)cc2)ccc1O. The van der Waals surface area contributed by atoms with Crippen LogP contribution in [-0.2, 0) is 30.7 Å². The molecule has 0 aliphatic heterocycles. The first-order valence-corrected chi connectivity index (χ1v) is 16.7. The van der Waals surface area contributed by atoms with Gasteiger partial charge in [-0.1, -0.05) is 48.5 Å². The molecule has 5 aromatic rings. The number of nitrogens with zero attached hydrogens (tertiary/aromatic N) is 2. The van der Waals surface area contributed by atoms with E-state index in [1.807, 2.05) is 62.4 Å². The van der Waals surface area contributed by atoms with Crippen molar-refractivity contribution in [3.05, 3.63) is 142 Å². The van der Waals surface area contributed by atoms with Crippen molar-refractivity contribution in [1.29, 1.82) is 0 Å². The zero-order chi connectivity index (χ0) is 35.6. The number of hydrogen-bond donors (Lipinski definition) is 5. The number of pyridine rings is 1. The summed E-state index contributed by atoms with van der Waals surface area (Å²) in [6.45, 7) is 7.19. The molecular formula is C40H45N5O5. The minimum Gasteiger partial charge on any atom is -0.504 e. The number of carbonyl (C=O) groups excluding carboxylic acids is 2. The van der Waals surface area contributed by atoms with Gasteiger partial charge in [-0.15, -0.1) is 0 Å². The van der Waals surface area contributed by atoms with Gasteiger partial charge in [0.25, 0.3) is 5.91 Å². The normalized spacial score (nSPS) is 12.3. The van der Waals surface area contributed by atoms with E-state index in [2.05, 4.69) is 44.6 Å². The number of carbonyl (C=O) groups is 2. The van der Waals surface area contributed by atoms with Gasteiger partial charge in [0.1, 0.15) is 5.82 Å². The Morgan fingerprint density at radius 2 is 1.54 bits per heavy atom. The summed E-state index contributed by atoms with van der Waals surface area (Å²) in [5, 5.41) is 29.8. The number of aliphatic hydroxyl groups is 1. The lowest BCUT2D eigenvalue weighted by molar-refractivity contribution is -0.120. The number of phenolic OH excluding ortho intramolecular Hbond substituents is 1. The molecular weight excluding hydrogens is 630 g/mol. The van der Waals surface area contributed by atoms with E-state index >= 15 is 0 Å². The Morgan fingerprint density at radius 1 is 0.840 bits per heavy atom. The van der Waals surface area contributed by atoms with Gasteiger partial charge in [0.05, 0.1) is 19.6 Å². The number of rotatable bonds is 15. The largest absolute Gasteiger partial charge is 0.504 e. The van der Waals surface area contributed by atoms with Gasteiger partial charge in [-0.25, -0.2) is 4.98 Å². The highest BCUT2D eigenvalue weighted by atomic mass is 16.5. The van der Waals surface area contributed by atoms with Gasteiger partial charge >= 0.3 is 0 Å². The molecule has 0 bridgehead atoms. The summed E-state index contributed by atoms with van der Waals surface area (Å²) in [6.07, 6.45) is 2.04. The third-order valence-electron chi connectivity index (χ3n) is 8.62. The van der Waals surface area contributed by atoms with E-state index in [-0.39, 0.29) is 36.6 Å². The van der Waals surface area contributed by atoms with Crippen molar-refractivity contribution < 1.29 is 24.5 Å². The fraction of sp³-hybridized carbons (Fsp3) is 0.275. The van der Waals surface area contributed by atoms with Crippen LogP contribution in [-0.4, -0.2) is 51.3 Å². The van der Waals surface area contributed by atoms with Crippen LogP contribution >= 0.6 is 0 Å². The summed E-state index contributed by atoms with van der Waals surface area (Å²) in [5.41, 5.74) is 7.19. The molecule has 0 aliphatic carbocycles. The number of methoxy groups -OCH3 is 1. The third kappa shape index (κ3) is 9.58. The third-order valence-corrected chi connectivity index (χ3v) is 8.62. The Kier molecular flexibility index (Phi) is 12.0. The zero-order valence-corrected chi connectivity index (χ0v) is 28.9. The van der Waals surface area contributed by atoms with E-state index in [1.165, 1.54) is 13.2 Å². The number of phenols is 1. The zero-order valence-electron chi connectivity index (χ0n) is 28.9. The van der Waals surface area contributed by atoms with Crippen molar-refractivity contribution in [3.8, 4) is 17.3 Å². The highest BCUT2D eigenvalue weighted by molar-refractivity contribution is 5.94. The summed E-state index contributed by atoms with van der Waals surface area (Å²) >= 11 is 0. The fourth-order valence-electron chi connectivity index (χ4n) is 5.82. The lowest BCUT2D eigenvalue weighted by atomic mass is 10.0. The van der Waals surface area contributed by atoms with Crippen LogP contribution in [0.1, 0.15) is 62.6 Å². The molecule has 2 heterocycles. The molecule has 260 valence electrons. The molecule has 2 amide bonds. The standard InChI is InChI=1S/C40H45N5O5/c1-26(41-25-36(47)34-15-17-38(42-24-34)45-27(2)8-9-28(45)3)18-30-6-5-7-31(19-30)21-39(48)43-22-29-10-13-33(14-11-29)40(49)44-23-32-12-16-35(46)37(20-32)50-4/h5-17,19-20,24,26,36,41,46-47H,18,21-23,25H2,1-4H3,(H,43,48)(H,44,49). The molecule has 5 N–H and O–H groups in total. The maximum Gasteiger partial charge on any atom is 0.251 e. The lowest BCUT2D eigenvalue weighted by Gasteiger charge is -2.18. The Balaban J connectivity index is 1.04. The van der Waals surface area contributed by atoms with Gasteiger partial charge in [0, 0.05) is 54.4 Å². The molecule has 0 saturated heterocycles. The minimum atomic E-state index is -0.684. The van der Waals surface area contributed by atoms with E-state index in [4.69, 9.17) is 4.74 Å². The fourth-order valence-corrected chi connectivity index (χ4v) is 5.82. The molecule has 0 aliphatic rings. The van der Waals surface area contributed by atoms with Gasteiger partial charge in [-0.3, -0.25) is 9.59 Å². The summed E-state index contributed by atoms with van der Waals surface area (Å²) in [7, 11) is 1.47. The van der Waals surface area contributed by atoms with Crippen molar-refractivity contribution in [3.63, 3.8) is 0 Å². The van der Waals surface area contributed by atoms with Gasteiger partial charge < -0.3 is 35.5 Å². The van der Waals surface area contributed by atoms with E-state index in [0.717, 1.165) is 51.4 Å². The molecule has 0 saturated carbocycles. The van der Waals surface area contributed by atoms with E-state index in [0.29, 0.717) is 24.4 Å². The monoisotopic (exact) mass is 675 g/mol. The number of hydrogen-bond acceptors (Lipinski definition) is 7. The summed E-state index contributed by atoms with van der Waals surface area (Å²) in [6, 6.07) is 28.1. The summed E-state index contributed by atoms with van der Waals surface area (Å²) in [5.74, 6) is 0.901. The van der Waals surface area contributed by atoms with Crippen LogP contribution in [0.2, 0.25) is 0 Å². The molecule has 3 aromatic carbocycles. The van der Waals surface area contributed by atoms with Gasteiger partial charge in [0.2, 0.25) is 5.91 Å². The first-order valence-electron chi connectivity index (χ1n) is 16.7. The Bertz CT molecular complexity index is 1880. The second kappa shape index (κ2) is 16.8. The number of aliphatic hydroxyl groups excluding tert-OH is 1.